The zero-order valence-corrected chi connectivity index (χ0v) is 12.5. The van der Waals surface area contributed by atoms with E-state index >= 15 is 0 Å². The topological polar surface area (TPSA) is 21.3 Å². The van der Waals surface area contributed by atoms with Crippen molar-refractivity contribution in [1.29, 1.82) is 0 Å². The van der Waals surface area contributed by atoms with Gasteiger partial charge in [0, 0.05) is 25.6 Å². The Morgan fingerprint density at radius 2 is 1.75 bits per heavy atom. The highest BCUT2D eigenvalue weighted by molar-refractivity contribution is 5.27. The number of halogens is 1. The first-order valence-electron chi connectivity index (χ1n) is 7.73. The highest BCUT2D eigenvalue weighted by Crippen LogP contribution is 2.38. The second-order valence-electron chi connectivity index (χ2n) is 5.87. The fraction of sp³-hybridized carbons (Fsp3) is 0.647. The minimum Gasteiger partial charge on any atom is -0.383 e. The lowest BCUT2D eigenvalue weighted by atomic mass is 9.74. The average Bonchev–Trinajstić information content (AvgIpc) is 2.71. The largest absolute Gasteiger partial charge is 0.383 e. The van der Waals surface area contributed by atoms with Crippen LogP contribution in [0, 0.1) is 5.82 Å². The molecule has 1 saturated carbocycles. The maximum Gasteiger partial charge on any atom is 0.123 e. The highest BCUT2D eigenvalue weighted by atomic mass is 19.1. The third-order valence-electron chi connectivity index (χ3n) is 4.46. The quantitative estimate of drug-likeness (QED) is 0.634. The summed E-state index contributed by atoms with van der Waals surface area (Å²) >= 11 is 0. The number of hydrogen-bond donors (Lipinski definition) is 1. The molecule has 0 heterocycles. The summed E-state index contributed by atoms with van der Waals surface area (Å²) in [7, 11) is 1.73. The molecule has 2 rings (SSSR count). The van der Waals surface area contributed by atoms with Crippen LogP contribution in [0.2, 0.25) is 0 Å². The Balaban J connectivity index is 2.11. The van der Waals surface area contributed by atoms with Gasteiger partial charge < -0.3 is 10.1 Å². The summed E-state index contributed by atoms with van der Waals surface area (Å²) < 4.78 is 18.3. The Labute approximate surface area is 121 Å². The van der Waals surface area contributed by atoms with E-state index in [0.717, 1.165) is 19.7 Å². The number of methoxy groups -OCH3 is 1. The van der Waals surface area contributed by atoms with Gasteiger partial charge in [0.25, 0.3) is 0 Å². The lowest BCUT2D eigenvalue weighted by Gasteiger charge is -2.34. The van der Waals surface area contributed by atoms with Crippen molar-refractivity contribution in [3.63, 3.8) is 0 Å². The summed E-state index contributed by atoms with van der Waals surface area (Å²) in [4.78, 5) is 0. The SMILES string of the molecule is COCCNCC1(c2ccc(F)cc2)CCCCCC1. The van der Waals surface area contributed by atoms with Gasteiger partial charge in [-0.2, -0.15) is 0 Å². The van der Waals surface area contributed by atoms with E-state index in [-0.39, 0.29) is 11.2 Å². The van der Waals surface area contributed by atoms with Gasteiger partial charge in [-0.1, -0.05) is 37.8 Å². The fourth-order valence-corrected chi connectivity index (χ4v) is 3.28. The van der Waals surface area contributed by atoms with Crippen LogP contribution in [-0.4, -0.2) is 26.8 Å². The van der Waals surface area contributed by atoms with E-state index in [1.54, 1.807) is 19.2 Å². The molecule has 0 amide bonds. The average molecular weight is 279 g/mol. The summed E-state index contributed by atoms with van der Waals surface area (Å²) in [6, 6.07) is 7.13. The maximum absolute atomic E-state index is 13.2. The van der Waals surface area contributed by atoms with Crippen LogP contribution < -0.4 is 5.32 Å². The van der Waals surface area contributed by atoms with Crippen LogP contribution in [0.3, 0.4) is 0 Å². The normalized spacial score (nSPS) is 18.7. The zero-order valence-electron chi connectivity index (χ0n) is 12.5. The Morgan fingerprint density at radius 3 is 2.35 bits per heavy atom. The molecule has 0 saturated heterocycles. The smallest absolute Gasteiger partial charge is 0.123 e. The van der Waals surface area contributed by atoms with Crippen molar-refractivity contribution in [3.05, 3.63) is 35.6 Å². The van der Waals surface area contributed by atoms with Gasteiger partial charge in [-0.25, -0.2) is 4.39 Å². The summed E-state index contributed by atoms with van der Waals surface area (Å²) in [5.41, 5.74) is 1.45. The molecule has 0 radical (unpaired) electrons. The van der Waals surface area contributed by atoms with Crippen molar-refractivity contribution in [3.8, 4) is 0 Å². The molecule has 20 heavy (non-hydrogen) atoms. The first kappa shape index (κ1) is 15.5. The standard InChI is InChI=1S/C17H26FNO/c1-20-13-12-19-14-17(10-4-2-3-5-11-17)15-6-8-16(18)9-7-15/h6-9,19H,2-5,10-14H2,1H3. The van der Waals surface area contributed by atoms with Crippen LogP contribution in [0.25, 0.3) is 0 Å². The van der Waals surface area contributed by atoms with Crippen LogP contribution in [0.1, 0.15) is 44.1 Å². The summed E-state index contributed by atoms with van der Waals surface area (Å²) in [6.07, 6.45) is 7.56. The van der Waals surface area contributed by atoms with Crippen LogP contribution in [-0.2, 0) is 10.2 Å². The molecule has 1 aliphatic rings. The molecule has 3 heteroatoms. The Morgan fingerprint density at radius 1 is 1.10 bits per heavy atom. The minimum absolute atomic E-state index is 0.148. The molecule has 0 atom stereocenters. The fourth-order valence-electron chi connectivity index (χ4n) is 3.28. The molecule has 0 unspecified atom stereocenters. The number of benzene rings is 1. The van der Waals surface area contributed by atoms with Gasteiger partial charge in [-0.15, -0.1) is 0 Å². The summed E-state index contributed by atoms with van der Waals surface area (Å²) in [5, 5.41) is 3.52. The van der Waals surface area contributed by atoms with Gasteiger partial charge in [0.1, 0.15) is 5.82 Å². The first-order valence-corrected chi connectivity index (χ1v) is 7.73. The Hall–Kier alpha value is -0.930. The van der Waals surface area contributed by atoms with E-state index in [2.05, 4.69) is 5.32 Å². The van der Waals surface area contributed by atoms with Gasteiger partial charge in [-0.05, 0) is 30.5 Å². The van der Waals surface area contributed by atoms with E-state index in [9.17, 15) is 4.39 Å². The van der Waals surface area contributed by atoms with E-state index < -0.39 is 0 Å². The Kier molecular flexibility index (Phi) is 5.99. The number of ether oxygens (including phenoxy) is 1. The predicted molar refractivity (Wildman–Crippen MR) is 80.5 cm³/mol. The maximum atomic E-state index is 13.2. The zero-order chi connectivity index (χ0) is 14.3. The van der Waals surface area contributed by atoms with Crippen LogP contribution >= 0.6 is 0 Å². The molecule has 1 fully saturated rings. The third-order valence-corrected chi connectivity index (χ3v) is 4.46. The molecule has 0 bridgehead atoms. The lowest BCUT2D eigenvalue weighted by Crippen LogP contribution is -2.39. The van der Waals surface area contributed by atoms with Gasteiger partial charge in [0.05, 0.1) is 6.61 Å². The van der Waals surface area contributed by atoms with Crippen molar-refractivity contribution in [2.24, 2.45) is 0 Å². The second kappa shape index (κ2) is 7.75. The molecule has 1 aromatic rings. The van der Waals surface area contributed by atoms with Gasteiger partial charge >= 0.3 is 0 Å². The molecule has 1 aliphatic carbocycles. The van der Waals surface area contributed by atoms with E-state index in [4.69, 9.17) is 4.74 Å². The van der Waals surface area contributed by atoms with Crippen molar-refractivity contribution in [2.75, 3.05) is 26.8 Å². The molecular formula is C17H26FNO. The van der Waals surface area contributed by atoms with Crippen molar-refractivity contribution in [2.45, 2.75) is 43.9 Å². The number of rotatable bonds is 6. The molecule has 0 spiro atoms. The van der Waals surface area contributed by atoms with Crippen molar-refractivity contribution >= 4 is 0 Å². The molecule has 112 valence electrons. The van der Waals surface area contributed by atoms with Crippen molar-refractivity contribution in [1.82, 2.24) is 5.32 Å². The molecule has 1 aromatic carbocycles. The molecular weight excluding hydrogens is 253 g/mol. The second-order valence-corrected chi connectivity index (χ2v) is 5.87. The predicted octanol–water partition coefficient (Wildman–Crippen LogP) is 3.65. The van der Waals surface area contributed by atoms with Crippen molar-refractivity contribution < 1.29 is 9.13 Å². The van der Waals surface area contributed by atoms with Gasteiger partial charge in [0.15, 0.2) is 0 Å². The van der Waals surface area contributed by atoms with Gasteiger partial charge in [0.2, 0.25) is 0 Å². The van der Waals surface area contributed by atoms with Crippen LogP contribution in [0.4, 0.5) is 4.39 Å². The van der Waals surface area contributed by atoms with E-state index in [1.165, 1.54) is 44.1 Å². The van der Waals surface area contributed by atoms with Crippen LogP contribution in [0.5, 0.6) is 0 Å². The van der Waals surface area contributed by atoms with Crippen LogP contribution in [0.15, 0.2) is 24.3 Å². The first-order chi connectivity index (χ1) is 9.77. The molecule has 2 nitrogen and oxygen atoms in total. The molecule has 0 aromatic heterocycles. The van der Waals surface area contributed by atoms with E-state index in [0.29, 0.717) is 0 Å². The minimum atomic E-state index is -0.148. The molecule has 1 N–H and O–H groups in total. The monoisotopic (exact) mass is 279 g/mol. The summed E-state index contributed by atoms with van der Waals surface area (Å²) in [6.45, 7) is 2.57. The lowest BCUT2D eigenvalue weighted by molar-refractivity contribution is 0.195. The number of nitrogens with one attached hydrogen (secondary N) is 1. The molecule has 0 aliphatic heterocycles. The number of hydrogen-bond acceptors (Lipinski definition) is 2. The van der Waals surface area contributed by atoms with E-state index in [1.807, 2.05) is 12.1 Å². The highest BCUT2D eigenvalue weighted by Gasteiger charge is 2.32. The van der Waals surface area contributed by atoms with Gasteiger partial charge in [-0.3, -0.25) is 0 Å². The summed E-state index contributed by atoms with van der Waals surface area (Å²) in [5.74, 6) is -0.148. The Bertz CT molecular complexity index is 382. The third kappa shape index (κ3) is 4.03.